The molecule has 0 aromatic heterocycles. The van der Waals surface area contributed by atoms with Gasteiger partial charge in [-0.1, -0.05) is 19.4 Å². The fourth-order valence-electron chi connectivity index (χ4n) is 4.65. The van der Waals surface area contributed by atoms with Crippen LogP contribution in [0.5, 0.6) is 11.5 Å². The van der Waals surface area contributed by atoms with Gasteiger partial charge in [-0.3, -0.25) is 4.79 Å². The largest absolute Gasteiger partial charge is 0.490 e. The Morgan fingerprint density at radius 3 is 2.73 bits per heavy atom. The molecule has 1 aromatic carbocycles. The van der Waals surface area contributed by atoms with Crippen molar-refractivity contribution in [3.8, 4) is 17.6 Å². The van der Waals surface area contributed by atoms with Crippen LogP contribution in [-0.2, 0) is 4.79 Å². The van der Waals surface area contributed by atoms with Gasteiger partial charge in [0.15, 0.2) is 17.3 Å². The highest BCUT2D eigenvalue weighted by Crippen LogP contribution is 2.47. The molecule has 33 heavy (non-hydrogen) atoms. The van der Waals surface area contributed by atoms with E-state index >= 15 is 0 Å². The molecule has 0 spiro atoms. The summed E-state index contributed by atoms with van der Waals surface area (Å²) in [6, 6.07) is 6.11. The van der Waals surface area contributed by atoms with Crippen molar-refractivity contribution in [2.75, 3.05) is 19.8 Å². The molecule has 2 unspecified atom stereocenters. The number of ether oxygens (including phenoxy) is 2. The Hall–Kier alpha value is -2.56. The first kappa shape index (κ1) is 25.1. The molecule has 0 bridgehead atoms. The zero-order chi connectivity index (χ0) is 24.0. The number of halogens is 1. The van der Waals surface area contributed by atoms with Crippen LogP contribution in [0.25, 0.3) is 0 Å². The molecule has 1 heterocycles. The molecule has 1 aromatic rings. The highest BCUT2D eigenvalue weighted by atomic mass is 79.9. The summed E-state index contributed by atoms with van der Waals surface area (Å²) < 4.78 is 12.4. The third-order valence-corrected chi connectivity index (χ3v) is 6.58. The molecule has 3 rings (SSSR count). The summed E-state index contributed by atoms with van der Waals surface area (Å²) in [6.45, 7) is 6.60. The normalized spacial score (nSPS) is 20.5. The number of Topliss-reactive ketones (excluding diaryl/α,β-unsaturated/α-hetero) is 1. The number of carbonyl (C=O) groups excluding carboxylic acids is 1. The molecular formula is C26H31BrN2O4. The second kappa shape index (κ2) is 11.5. The van der Waals surface area contributed by atoms with Gasteiger partial charge < -0.3 is 19.9 Å². The maximum atomic E-state index is 13.3. The van der Waals surface area contributed by atoms with Crippen LogP contribution in [0.1, 0.15) is 57.9 Å². The Labute approximate surface area is 204 Å². The lowest BCUT2D eigenvalue weighted by Gasteiger charge is -2.35. The van der Waals surface area contributed by atoms with E-state index in [-0.39, 0.29) is 19.0 Å². The van der Waals surface area contributed by atoms with E-state index in [2.05, 4.69) is 34.2 Å². The monoisotopic (exact) mass is 514 g/mol. The van der Waals surface area contributed by atoms with Crippen LogP contribution in [0.2, 0.25) is 0 Å². The van der Waals surface area contributed by atoms with Gasteiger partial charge in [0.25, 0.3) is 0 Å². The molecule has 2 aliphatic rings. The molecular weight excluding hydrogens is 484 g/mol. The molecule has 176 valence electrons. The van der Waals surface area contributed by atoms with E-state index in [0.29, 0.717) is 46.1 Å². The number of allylic oxidation sites excluding steroid dienone is 4. The van der Waals surface area contributed by atoms with Crippen LogP contribution >= 0.6 is 15.9 Å². The lowest BCUT2D eigenvalue weighted by atomic mass is 9.72. The highest BCUT2D eigenvalue weighted by molar-refractivity contribution is 9.10. The van der Waals surface area contributed by atoms with E-state index in [9.17, 15) is 10.1 Å². The van der Waals surface area contributed by atoms with Crippen LogP contribution in [0.15, 0.2) is 51.3 Å². The molecule has 0 amide bonds. The topological polar surface area (TPSA) is 91.6 Å². The van der Waals surface area contributed by atoms with Gasteiger partial charge in [0, 0.05) is 23.4 Å². The SMILES string of the molecule is CCCC1CC(=O)C2=C(C1)NC(C)=C(C#N)C2c1cc(Br)c(OCC=CCO)c(OCC)c1. The average Bonchev–Trinajstić information content (AvgIpc) is 2.77. The van der Waals surface area contributed by atoms with Crippen LogP contribution in [0.3, 0.4) is 0 Å². The maximum absolute atomic E-state index is 13.3. The van der Waals surface area contributed by atoms with Crippen molar-refractivity contribution >= 4 is 21.7 Å². The molecule has 7 heteroatoms. The molecule has 1 aliphatic carbocycles. The van der Waals surface area contributed by atoms with Gasteiger partial charge >= 0.3 is 0 Å². The zero-order valence-electron chi connectivity index (χ0n) is 19.4. The molecule has 0 saturated carbocycles. The molecule has 2 N–H and O–H groups in total. The highest BCUT2D eigenvalue weighted by Gasteiger charge is 2.38. The number of nitriles is 1. The number of hydrogen-bond donors (Lipinski definition) is 2. The quantitative estimate of drug-likeness (QED) is 0.434. The van der Waals surface area contributed by atoms with Crippen LogP contribution in [0.4, 0.5) is 0 Å². The first-order valence-corrected chi connectivity index (χ1v) is 12.2. The van der Waals surface area contributed by atoms with Crippen molar-refractivity contribution in [1.82, 2.24) is 5.32 Å². The molecule has 1 aliphatic heterocycles. The number of benzene rings is 1. The predicted molar refractivity (Wildman–Crippen MR) is 131 cm³/mol. The third kappa shape index (κ3) is 5.51. The van der Waals surface area contributed by atoms with Crippen molar-refractivity contribution in [2.45, 2.75) is 52.4 Å². The Morgan fingerprint density at radius 2 is 2.06 bits per heavy atom. The average molecular weight is 515 g/mol. The number of aliphatic hydroxyl groups excluding tert-OH is 1. The summed E-state index contributed by atoms with van der Waals surface area (Å²) in [4.78, 5) is 13.3. The summed E-state index contributed by atoms with van der Waals surface area (Å²) in [5.41, 5.74) is 3.78. The standard InChI is InChI=1S/C26H31BrN2O4/c1-4-8-17-11-21-25(22(31)12-17)24(19(15-28)16(3)29-21)18-13-20(27)26(23(14-18)32-5-2)33-10-7-6-9-30/h6-7,13-14,17,24,29-30H,4-5,8-12H2,1-3H3. The minimum atomic E-state index is -0.444. The molecule has 0 radical (unpaired) electrons. The van der Waals surface area contributed by atoms with E-state index in [4.69, 9.17) is 14.6 Å². The Morgan fingerprint density at radius 1 is 1.27 bits per heavy atom. The van der Waals surface area contributed by atoms with Gasteiger partial charge in [-0.05, 0) is 72.3 Å². The number of rotatable bonds is 9. The number of dihydropyridines is 1. The fraction of sp³-hybridized carbons (Fsp3) is 0.462. The first-order chi connectivity index (χ1) is 15.9. The summed E-state index contributed by atoms with van der Waals surface area (Å²) in [5, 5.41) is 22.3. The molecule has 0 saturated heterocycles. The second-order valence-electron chi connectivity index (χ2n) is 8.31. The Balaban J connectivity index is 2.08. The van der Waals surface area contributed by atoms with Gasteiger partial charge in [0.05, 0.1) is 35.2 Å². The van der Waals surface area contributed by atoms with Crippen LogP contribution in [-0.4, -0.2) is 30.7 Å². The number of hydrogen-bond acceptors (Lipinski definition) is 6. The summed E-state index contributed by atoms with van der Waals surface area (Å²) in [5.74, 6) is 1.08. The van der Waals surface area contributed by atoms with Crippen molar-refractivity contribution in [3.63, 3.8) is 0 Å². The number of carbonyl (C=O) groups is 1. The smallest absolute Gasteiger partial charge is 0.175 e. The van der Waals surface area contributed by atoms with Gasteiger partial charge in [-0.15, -0.1) is 0 Å². The van der Waals surface area contributed by atoms with Gasteiger partial charge in [-0.2, -0.15) is 5.26 Å². The second-order valence-corrected chi connectivity index (χ2v) is 9.17. The van der Waals surface area contributed by atoms with E-state index in [1.807, 2.05) is 26.0 Å². The third-order valence-electron chi connectivity index (χ3n) is 5.99. The van der Waals surface area contributed by atoms with Crippen molar-refractivity contribution in [3.05, 3.63) is 56.9 Å². The van der Waals surface area contributed by atoms with Gasteiger partial charge in [-0.25, -0.2) is 0 Å². The van der Waals surface area contributed by atoms with E-state index in [1.54, 1.807) is 12.2 Å². The van der Waals surface area contributed by atoms with E-state index < -0.39 is 5.92 Å². The van der Waals surface area contributed by atoms with Crippen molar-refractivity contribution in [1.29, 1.82) is 5.26 Å². The zero-order valence-corrected chi connectivity index (χ0v) is 21.0. The summed E-state index contributed by atoms with van der Waals surface area (Å²) in [7, 11) is 0. The number of ketones is 1. The number of aliphatic hydroxyl groups is 1. The molecule has 0 fully saturated rings. The maximum Gasteiger partial charge on any atom is 0.175 e. The van der Waals surface area contributed by atoms with Gasteiger partial charge in [0.2, 0.25) is 0 Å². The fourth-order valence-corrected chi connectivity index (χ4v) is 5.22. The molecule has 6 nitrogen and oxygen atoms in total. The van der Waals surface area contributed by atoms with Crippen molar-refractivity contribution < 1.29 is 19.4 Å². The Bertz CT molecular complexity index is 1040. The van der Waals surface area contributed by atoms with Gasteiger partial charge in [0.1, 0.15) is 6.61 Å². The minimum absolute atomic E-state index is 0.0509. The lowest BCUT2D eigenvalue weighted by Crippen LogP contribution is -2.34. The summed E-state index contributed by atoms with van der Waals surface area (Å²) in [6.07, 6.45) is 6.73. The first-order valence-electron chi connectivity index (χ1n) is 11.4. The number of nitrogens with zero attached hydrogens (tertiary/aromatic N) is 1. The van der Waals surface area contributed by atoms with Crippen molar-refractivity contribution in [2.24, 2.45) is 5.92 Å². The minimum Gasteiger partial charge on any atom is -0.490 e. The lowest BCUT2D eigenvalue weighted by molar-refractivity contribution is -0.117. The summed E-state index contributed by atoms with van der Waals surface area (Å²) >= 11 is 3.60. The van der Waals surface area contributed by atoms with E-state index in [1.165, 1.54) is 0 Å². The molecule has 2 atom stereocenters. The number of nitrogens with one attached hydrogen (secondary N) is 1. The Kier molecular flexibility index (Phi) is 8.76. The van der Waals surface area contributed by atoms with E-state index in [0.717, 1.165) is 36.2 Å². The predicted octanol–water partition coefficient (Wildman–Crippen LogP) is 5.29. The van der Waals surface area contributed by atoms with Crippen LogP contribution in [0, 0.1) is 17.2 Å². The van der Waals surface area contributed by atoms with Crippen LogP contribution < -0.4 is 14.8 Å².